The molecule has 2 N–H and O–H groups in total. The third-order valence-electron chi connectivity index (χ3n) is 6.49. The molecule has 5 nitrogen and oxygen atoms in total. The minimum absolute atomic E-state index is 0.117. The Kier molecular flexibility index (Phi) is 4.80. The maximum absolute atomic E-state index is 12.6. The summed E-state index contributed by atoms with van der Waals surface area (Å²) < 4.78 is 5.23. The second kappa shape index (κ2) is 6.48. The molecule has 4 saturated carbocycles. The zero-order valence-corrected chi connectivity index (χ0v) is 16.4. The van der Waals surface area contributed by atoms with Crippen LogP contribution in [0.25, 0.3) is 0 Å². The van der Waals surface area contributed by atoms with Gasteiger partial charge in [0, 0.05) is 6.04 Å². The van der Waals surface area contributed by atoms with Crippen molar-refractivity contribution in [1.29, 1.82) is 0 Å². The normalized spacial score (nSPS) is 35.8. The number of amides is 2. The molecule has 0 aromatic heterocycles. The van der Waals surface area contributed by atoms with Gasteiger partial charge in [0.05, 0.1) is 0 Å². The van der Waals surface area contributed by atoms with Crippen molar-refractivity contribution in [2.45, 2.75) is 90.8 Å². The summed E-state index contributed by atoms with van der Waals surface area (Å²) in [5, 5.41) is 5.84. The predicted octanol–water partition coefficient (Wildman–Crippen LogP) is 3.62. The molecular formula is C20H34N2O3. The Morgan fingerprint density at radius 2 is 1.44 bits per heavy atom. The molecule has 0 heterocycles. The first kappa shape index (κ1) is 18.5. The highest BCUT2D eigenvalue weighted by Crippen LogP contribution is 2.61. The molecule has 4 rings (SSSR count). The number of carbonyl (C=O) groups is 2. The first-order valence-electron chi connectivity index (χ1n) is 9.86. The van der Waals surface area contributed by atoms with E-state index >= 15 is 0 Å². The van der Waals surface area contributed by atoms with E-state index in [2.05, 4.69) is 17.6 Å². The van der Waals surface area contributed by atoms with Crippen molar-refractivity contribution in [2.75, 3.05) is 0 Å². The van der Waals surface area contributed by atoms with Crippen LogP contribution in [0.2, 0.25) is 0 Å². The van der Waals surface area contributed by atoms with Crippen LogP contribution in [-0.4, -0.2) is 29.7 Å². The van der Waals surface area contributed by atoms with E-state index in [1.807, 2.05) is 20.8 Å². The van der Waals surface area contributed by atoms with Gasteiger partial charge in [-0.05, 0) is 96.3 Å². The Morgan fingerprint density at radius 3 is 1.88 bits per heavy atom. The molecular weight excluding hydrogens is 316 g/mol. The number of nitrogens with one attached hydrogen (secondary N) is 2. The van der Waals surface area contributed by atoms with Gasteiger partial charge in [-0.15, -0.1) is 0 Å². The van der Waals surface area contributed by atoms with Gasteiger partial charge in [-0.1, -0.05) is 0 Å². The fraction of sp³-hybridized carbons (Fsp3) is 0.900. The zero-order valence-electron chi connectivity index (χ0n) is 16.4. The van der Waals surface area contributed by atoms with Gasteiger partial charge < -0.3 is 15.4 Å². The van der Waals surface area contributed by atoms with Crippen molar-refractivity contribution >= 4 is 12.0 Å². The summed E-state index contributed by atoms with van der Waals surface area (Å²) in [6.07, 6.45) is 7.43. The van der Waals surface area contributed by atoms with Crippen LogP contribution in [0.1, 0.15) is 73.1 Å². The van der Waals surface area contributed by atoms with Crippen molar-refractivity contribution in [3.63, 3.8) is 0 Å². The average molecular weight is 351 g/mol. The Bertz CT molecular complexity index is 502. The molecule has 0 spiro atoms. The van der Waals surface area contributed by atoms with Gasteiger partial charge in [0.15, 0.2) is 0 Å². The highest BCUT2D eigenvalue weighted by molar-refractivity contribution is 5.85. The van der Waals surface area contributed by atoms with Gasteiger partial charge in [0.1, 0.15) is 11.6 Å². The number of carbonyl (C=O) groups excluding carboxylic acids is 2. The van der Waals surface area contributed by atoms with Crippen molar-refractivity contribution in [1.82, 2.24) is 10.6 Å². The smallest absolute Gasteiger partial charge is 0.408 e. The topological polar surface area (TPSA) is 67.4 Å². The summed E-state index contributed by atoms with van der Waals surface area (Å²) in [4.78, 5) is 24.4. The fourth-order valence-corrected chi connectivity index (χ4v) is 5.75. The molecule has 2 unspecified atom stereocenters. The first-order valence-corrected chi connectivity index (χ1v) is 9.86. The quantitative estimate of drug-likeness (QED) is 0.814. The summed E-state index contributed by atoms with van der Waals surface area (Å²) in [5.41, 5.74) is -0.289. The summed E-state index contributed by atoms with van der Waals surface area (Å²) in [6, 6.07) is -0.428. The third kappa shape index (κ3) is 4.12. The van der Waals surface area contributed by atoms with Crippen molar-refractivity contribution in [2.24, 2.45) is 23.2 Å². The molecule has 4 fully saturated rings. The van der Waals surface area contributed by atoms with Crippen LogP contribution in [-0.2, 0) is 9.53 Å². The molecule has 0 aromatic rings. The Balaban J connectivity index is 1.55. The van der Waals surface area contributed by atoms with E-state index < -0.39 is 17.7 Å². The minimum atomic E-state index is -0.591. The van der Waals surface area contributed by atoms with Crippen LogP contribution < -0.4 is 10.6 Å². The SMILES string of the molecule is CC(NC(=O)OC(C)(C)C)C(=O)NC(C)C12CC3CC(CC(C3)C1)C2. The summed E-state index contributed by atoms with van der Waals surface area (Å²) in [7, 11) is 0. The van der Waals surface area contributed by atoms with E-state index in [0.717, 1.165) is 17.8 Å². The Hall–Kier alpha value is -1.26. The third-order valence-corrected chi connectivity index (χ3v) is 6.49. The van der Waals surface area contributed by atoms with E-state index in [4.69, 9.17) is 4.74 Å². The van der Waals surface area contributed by atoms with E-state index in [9.17, 15) is 9.59 Å². The predicted molar refractivity (Wildman–Crippen MR) is 97.0 cm³/mol. The maximum atomic E-state index is 12.6. The number of alkyl carbamates (subject to hydrolysis) is 1. The lowest BCUT2D eigenvalue weighted by Crippen LogP contribution is -2.58. The van der Waals surface area contributed by atoms with Crippen LogP contribution >= 0.6 is 0 Å². The second-order valence-corrected chi connectivity index (χ2v) is 9.88. The van der Waals surface area contributed by atoms with Gasteiger partial charge in [-0.25, -0.2) is 4.79 Å². The van der Waals surface area contributed by atoms with E-state index in [1.165, 1.54) is 38.5 Å². The van der Waals surface area contributed by atoms with Crippen molar-refractivity contribution in [3.8, 4) is 0 Å². The molecule has 4 aliphatic rings. The summed E-state index contributed by atoms with van der Waals surface area (Å²) in [5.74, 6) is 2.47. The number of hydrogen-bond acceptors (Lipinski definition) is 3. The van der Waals surface area contributed by atoms with E-state index in [0.29, 0.717) is 0 Å². The molecule has 2 amide bonds. The standard InChI is InChI=1S/C20H34N2O3/c1-12(21-18(24)25-19(3,4)5)17(23)22-13(2)20-9-14-6-15(10-20)8-16(7-14)11-20/h12-16H,6-11H2,1-5H3,(H,21,24)(H,22,23). The van der Waals surface area contributed by atoms with Gasteiger partial charge in [-0.2, -0.15) is 0 Å². The molecule has 142 valence electrons. The molecule has 2 atom stereocenters. The van der Waals surface area contributed by atoms with Crippen LogP contribution in [0.4, 0.5) is 4.79 Å². The number of hydrogen-bond donors (Lipinski definition) is 2. The molecule has 4 bridgehead atoms. The molecule has 0 aliphatic heterocycles. The van der Waals surface area contributed by atoms with Gasteiger partial charge in [-0.3, -0.25) is 4.79 Å². The summed E-state index contributed by atoms with van der Waals surface area (Å²) >= 11 is 0. The van der Waals surface area contributed by atoms with Crippen LogP contribution in [0.3, 0.4) is 0 Å². The van der Waals surface area contributed by atoms with E-state index in [-0.39, 0.29) is 17.4 Å². The molecule has 0 radical (unpaired) electrons. The lowest BCUT2D eigenvalue weighted by Gasteiger charge is -2.59. The molecule has 0 saturated heterocycles. The second-order valence-electron chi connectivity index (χ2n) is 9.88. The average Bonchev–Trinajstić information content (AvgIpc) is 2.43. The monoisotopic (exact) mass is 350 g/mol. The molecule has 5 heteroatoms. The Morgan fingerprint density at radius 1 is 0.960 bits per heavy atom. The molecule has 4 aliphatic carbocycles. The van der Waals surface area contributed by atoms with Crippen LogP contribution in [0, 0.1) is 23.2 Å². The van der Waals surface area contributed by atoms with Crippen LogP contribution in [0.5, 0.6) is 0 Å². The van der Waals surface area contributed by atoms with Gasteiger partial charge in [0.25, 0.3) is 0 Å². The Labute approximate surface area is 151 Å². The number of rotatable bonds is 4. The van der Waals surface area contributed by atoms with Gasteiger partial charge >= 0.3 is 6.09 Å². The number of ether oxygens (including phenoxy) is 1. The van der Waals surface area contributed by atoms with Crippen molar-refractivity contribution in [3.05, 3.63) is 0 Å². The van der Waals surface area contributed by atoms with Crippen molar-refractivity contribution < 1.29 is 14.3 Å². The fourth-order valence-electron chi connectivity index (χ4n) is 5.75. The highest BCUT2D eigenvalue weighted by Gasteiger charge is 2.53. The molecule has 0 aromatic carbocycles. The van der Waals surface area contributed by atoms with Crippen LogP contribution in [0.15, 0.2) is 0 Å². The lowest BCUT2D eigenvalue weighted by molar-refractivity contribution is -0.127. The summed E-state index contributed by atoms with van der Waals surface area (Å²) in [6.45, 7) is 9.31. The highest BCUT2D eigenvalue weighted by atomic mass is 16.6. The zero-order chi connectivity index (χ0) is 18.4. The largest absolute Gasteiger partial charge is 0.444 e. The first-order chi connectivity index (χ1) is 11.6. The lowest BCUT2D eigenvalue weighted by atomic mass is 9.48. The minimum Gasteiger partial charge on any atom is -0.444 e. The maximum Gasteiger partial charge on any atom is 0.408 e. The molecule has 25 heavy (non-hydrogen) atoms. The van der Waals surface area contributed by atoms with E-state index in [1.54, 1.807) is 6.92 Å². The van der Waals surface area contributed by atoms with Gasteiger partial charge in [0.2, 0.25) is 5.91 Å².